The predicted molar refractivity (Wildman–Crippen MR) is 115 cm³/mol. The molecule has 0 aliphatic carbocycles. The summed E-state index contributed by atoms with van der Waals surface area (Å²) in [6.07, 6.45) is -7.93. The summed E-state index contributed by atoms with van der Waals surface area (Å²) in [4.78, 5) is 51.1. The maximum atomic E-state index is 15.4. The van der Waals surface area contributed by atoms with Crippen LogP contribution in [0.5, 0.6) is 0 Å². The minimum absolute atomic E-state index is 0.161. The van der Waals surface area contributed by atoms with Crippen LogP contribution < -0.4 is 11.0 Å². The van der Waals surface area contributed by atoms with E-state index in [4.69, 9.17) is 23.7 Å². The molecule has 1 aliphatic heterocycles. The third-order valence-corrected chi connectivity index (χ3v) is 4.10. The normalized spacial score (nSPS) is 21.7. The van der Waals surface area contributed by atoms with E-state index in [1.54, 1.807) is 20.8 Å². The average molecular weight is 505 g/mol. The van der Waals surface area contributed by atoms with Crippen LogP contribution in [0.25, 0.3) is 0 Å². The Morgan fingerprint density at radius 2 is 1.69 bits per heavy atom. The number of halogens is 2. The summed E-state index contributed by atoms with van der Waals surface area (Å²) < 4.78 is 56.2. The molecule has 1 aliphatic rings. The van der Waals surface area contributed by atoms with Gasteiger partial charge in [0, 0.05) is 13.1 Å². The molecule has 1 N–H and O–H groups in total. The highest BCUT2D eigenvalue weighted by molar-refractivity contribution is 5.87. The fraction of sp³-hybridized carbons (Fsp3) is 0.667. The second-order valence-electron chi connectivity index (χ2n) is 9.66. The molecule has 3 atom stereocenters. The second-order valence-corrected chi connectivity index (χ2v) is 9.66. The summed E-state index contributed by atoms with van der Waals surface area (Å²) in [6, 6.07) is 1.11. The molecule has 12 nitrogen and oxygen atoms in total. The zero-order valence-electron chi connectivity index (χ0n) is 20.4. The van der Waals surface area contributed by atoms with Crippen LogP contribution in [0.2, 0.25) is 0 Å². The first-order chi connectivity index (χ1) is 15.9. The van der Waals surface area contributed by atoms with Gasteiger partial charge in [0.2, 0.25) is 18.2 Å². The van der Waals surface area contributed by atoms with Crippen LogP contribution in [0.4, 0.5) is 24.2 Å². The molecule has 0 spiro atoms. The van der Waals surface area contributed by atoms with Gasteiger partial charge in [0.05, 0.1) is 0 Å². The van der Waals surface area contributed by atoms with E-state index in [-0.39, 0.29) is 5.82 Å². The second kappa shape index (κ2) is 10.1. The number of carbonyl (C=O) groups excluding carboxylic acids is 3. The lowest BCUT2D eigenvalue weighted by Crippen LogP contribution is -2.45. The molecule has 0 saturated carbocycles. The average Bonchev–Trinajstić information content (AvgIpc) is 2.87. The van der Waals surface area contributed by atoms with Crippen molar-refractivity contribution in [2.45, 2.75) is 84.0 Å². The molecule has 1 aromatic rings. The number of rotatable bonds is 5. The Hall–Kier alpha value is -3.29. The van der Waals surface area contributed by atoms with E-state index in [1.807, 2.05) is 0 Å². The molecule has 1 saturated heterocycles. The van der Waals surface area contributed by atoms with Crippen molar-refractivity contribution in [3.8, 4) is 0 Å². The number of alkyl halides is 2. The Labute approximate surface area is 199 Å². The van der Waals surface area contributed by atoms with Crippen LogP contribution in [-0.4, -0.2) is 63.7 Å². The Morgan fingerprint density at radius 1 is 1.11 bits per heavy atom. The molecule has 2 heterocycles. The van der Waals surface area contributed by atoms with Gasteiger partial charge in [-0.05, 0) is 47.6 Å². The molecule has 0 aromatic carbocycles. The first kappa shape index (κ1) is 28.0. The topological polar surface area (TPSA) is 144 Å². The molecule has 1 aromatic heterocycles. The monoisotopic (exact) mass is 505 g/mol. The summed E-state index contributed by atoms with van der Waals surface area (Å²) in [5, 5.41) is 2.25. The fourth-order valence-electron chi connectivity index (χ4n) is 2.90. The van der Waals surface area contributed by atoms with E-state index in [0.29, 0.717) is 4.57 Å². The maximum Gasteiger partial charge on any atom is 0.509 e. The van der Waals surface area contributed by atoms with Gasteiger partial charge in [0.15, 0.2) is 0 Å². The highest BCUT2D eigenvalue weighted by Gasteiger charge is 2.63. The standard InChI is InChI=1S/C21H29F2N3O9/c1-11(27)24-13-8-9-26(16(28)25-13)15-21(22,23)14(33-18(30)35-20(5,6)7)12(32-15)10-31-17(29)34-19(2,3)4/h8-9,12,14-15H,10H2,1-7H3,(H,24,25,27,28). The lowest BCUT2D eigenvalue weighted by molar-refractivity contribution is -0.149. The van der Waals surface area contributed by atoms with E-state index >= 15 is 8.78 Å². The molecule has 1 fully saturated rings. The minimum atomic E-state index is -3.99. The van der Waals surface area contributed by atoms with Crippen LogP contribution in [0, 0.1) is 0 Å². The largest absolute Gasteiger partial charge is 0.509 e. The third-order valence-electron chi connectivity index (χ3n) is 4.10. The highest BCUT2D eigenvalue weighted by atomic mass is 19.3. The van der Waals surface area contributed by atoms with Gasteiger partial charge in [-0.15, -0.1) is 0 Å². The Bertz CT molecular complexity index is 1010. The van der Waals surface area contributed by atoms with E-state index in [2.05, 4.69) is 10.3 Å². The molecule has 196 valence electrons. The molecule has 2 rings (SSSR count). The number of amides is 1. The lowest BCUT2D eigenvalue weighted by atomic mass is 10.1. The number of nitrogens with zero attached hydrogens (tertiary/aromatic N) is 2. The lowest BCUT2D eigenvalue weighted by Gasteiger charge is -2.26. The number of nitrogens with one attached hydrogen (secondary N) is 1. The summed E-state index contributed by atoms with van der Waals surface area (Å²) in [5.41, 5.74) is -3.14. The number of anilines is 1. The van der Waals surface area contributed by atoms with Crippen molar-refractivity contribution in [2.75, 3.05) is 11.9 Å². The van der Waals surface area contributed by atoms with Gasteiger partial charge in [-0.25, -0.2) is 14.4 Å². The van der Waals surface area contributed by atoms with Crippen molar-refractivity contribution in [1.29, 1.82) is 0 Å². The van der Waals surface area contributed by atoms with Crippen LogP contribution >= 0.6 is 0 Å². The molecule has 1 amide bonds. The van der Waals surface area contributed by atoms with E-state index < -0.39 is 66.1 Å². The van der Waals surface area contributed by atoms with Gasteiger partial charge < -0.3 is 29.0 Å². The molecule has 3 unspecified atom stereocenters. The quantitative estimate of drug-likeness (QED) is 0.593. The SMILES string of the molecule is CC(=O)Nc1ccn(C2OC(COC(=O)OC(C)(C)C)C(OC(=O)OC(C)(C)C)C2(F)F)c(=O)n1. The first-order valence-electron chi connectivity index (χ1n) is 10.5. The van der Waals surface area contributed by atoms with Gasteiger partial charge in [0.1, 0.15) is 29.7 Å². The number of ether oxygens (including phenoxy) is 5. The van der Waals surface area contributed by atoms with Gasteiger partial charge >= 0.3 is 23.9 Å². The first-order valence-corrected chi connectivity index (χ1v) is 10.5. The minimum Gasteiger partial charge on any atom is -0.431 e. The maximum absolute atomic E-state index is 15.4. The summed E-state index contributed by atoms with van der Waals surface area (Å²) in [5.74, 6) is -4.67. The van der Waals surface area contributed by atoms with Gasteiger partial charge in [0.25, 0.3) is 0 Å². The van der Waals surface area contributed by atoms with Crippen LogP contribution in [0.15, 0.2) is 17.1 Å². The van der Waals surface area contributed by atoms with Crippen molar-refractivity contribution in [3.63, 3.8) is 0 Å². The molecule has 14 heteroatoms. The summed E-state index contributed by atoms with van der Waals surface area (Å²) in [6.45, 7) is 9.62. The zero-order valence-corrected chi connectivity index (χ0v) is 20.4. The Morgan fingerprint density at radius 3 is 2.20 bits per heavy atom. The van der Waals surface area contributed by atoms with Gasteiger partial charge in [-0.1, -0.05) is 0 Å². The van der Waals surface area contributed by atoms with E-state index in [1.165, 1.54) is 27.7 Å². The van der Waals surface area contributed by atoms with Crippen molar-refractivity contribution in [1.82, 2.24) is 9.55 Å². The van der Waals surface area contributed by atoms with E-state index in [0.717, 1.165) is 12.3 Å². The Kier molecular flexibility index (Phi) is 8.10. The van der Waals surface area contributed by atoms with Crippen LogP contribution in [0.3, 0.4) is 0 Å². The third kappa shape index (κ3) is 7.87. The van der Waals surface area contributed by atoms with Crippen molar-refractivity contribution >= 4 is 24.0 Å². The van der Waals surface area contributed by atoms with Crippen molar-refractivity contribution in [2.24, 2.45) is 0 Å². The molecular weight excluding hydrogens is 476 g/mol. The molecule has 0 bridgehead atoms. The van der Waals surface area contributed by atoms with Gasteiger partial charge in [-0.3, -0.25) is 9.36 Å². The summed E-state index contributed by atoms with van der Waals surface area (Å²) in [7, 11) is 0. The zero-order chi connectivity index (χ0) is 26.8. The molecular formula is C21H29F2N3O9. The van der Waals surface area contributed by atoms with Crippen molar-refractivity contribution < 1.29 is 46.8 Å². The Balaban J connectivity index is 2.33. The predicted octanol–water partition coefficient (Wildman–Crippen LogP) is 3.01. The van der Waals surface area contributed by atoms with Crippen LogP contribution in [-0.2, 0) is 28.5 Å². The molecule has 35 heavy (non-hydrogen) atoms. The fourth-order valence-corrected chi connectivity index (χ4v) is 2.90. The summed E-state index contributed by atoms with van der Waals surface area (Å²) >= 11 is 0. The van der Waals surface area contributed by atoms with Crippen LogP contribution in [0.1, 0.15) is 54.7 Å². The number of carbonyl (C=O) groups is 3. The number of hydrogen-bond acceptors (Lipinski definition) is 10. The number of hydrogen-bond donors (Lipinski definition) is 1. The number of aromatic nitrogens is 2. The van der Waals surface area contributed by atoms with E-state index in [9.17, 15) is 19.2 Å². The highest BCUT2D eigenvalue weighted by Crippen LogP contribution is 2.44. The van der Waals surface area contributed by atoms with Crippen molar-refractivity contribution in [3.05, 3.63) is 22.7 Å². The molecule has 0 radical (unpaired) electrons. The smallest absolute Gasteiger partial charge is 0.431 e. The van der Waals surface area contributed by atoms with Gasteiger partial charge in [-0.2, -0.15) is 13.8 Å².